The van der Waals surface area contributed by atoms with Crippen LogP contribution in [0.2, 0.25) is 0 Å². The highest BCUT2D eigenvalue weighted by molar-refractivity contribution is 5.94. The van der Waals surface area contributed by atoms with E-state index in [0.29, 0.717) is 12.8 Å². The number of esters is 1. The lowest BCUT2D eigenvalue weighted by molar-refractivity contribution is -0.140. The van der Waals surface area contributed by atoms with Crippen molar-refractivity contribution in [2.45, 2.75) is 65.5 Å². The van der Waals surface area contributed by atoms with Gasteiger partial charge in [0.05, 0.1) is 6.26 Å². The van der Waals surface area contributed by atoms with Crippen LogP contribution >= 0.6 is 0 Å². The monoisotopic (exact) mass is 375 g/mol. The minimum atomic E-state index is -0.596. The lowest BCUT2D eigenvalue weighted by Gasteiger charge is -2.24. The molecule has 1 aromatic rings. The standard InChI is InChI=1S/C21H29NO5/c1-15(14-26-19(24)12-16(2)23)11-18(13-17-9-7-6-8-10-17)22-20(25)27-21(3,4)5/h6-10,14,18H,11-13H2,1-5H3,(H,22,25)/t18-/m1/s1. The molecular weight excluding hydrogens is 346 g/mol. The average Bonchev–Trinajstić information content (AvgIpc) is 2.51. The molecule has 27 heavy (non-hydrogen) atoms. The van der Waals surface area contributed by atoms with Gasteiger partial charge in [-0.25, -0.2) is 4.79 Å². The lowest BCUT2D eigenvalue weighted by Crippen LogP contribution is -2.40. The van der Waals surface area contributed by atoms with Crippen LogP contribution in [0.15, 0.2) is 42.2 Å². The van der Waals surface area contributed by atoms with Crippen molar-refractivity contribution in [1.29, 1.82) is 0 Å². The first kappa shape index (κ1) is 22.4. The Labute approximate surface area is 160 Å². The van der Waals surface area contributed by atoms with Gasteiger partial charge >= 0.3 is 12.1 Å². The van der Waals surface area contributed by atoms with Crippen molar-refractivity contribution in [2.75, 3.05) is 0 Å². The third-order valence-electron chi connectivity index (χ3n) is 3.40. The van der Waals surface area contributed by atoms with Crippen LogP contribution in [0.4, 0.5) is 4.79 Å². The first-order valence-corrected chi connectivity index (χ1v) is 8.93. The van der Waals surface area contributed by atoms with Crippen LogP contribution in [0.3, 0.4) is 0 Å². The maximum atomic E-state index is 12.2. The molecule has 0 aliphatic carbocycles. The molecule has 0 unspecified atom stereocenters. The van der Waals surface area contributed by atoms with E-state index < -0.39 is 17.7 Å². The number of nitrogens with one attached hydrogen (secondary N) is 1. The molecule has 148 valence electrons. The maximum Gasteiger partial charge on any atom is 0.407 e. The van der Waals surface area contributed by atoms with E-state index in [9.17, 15) is 14.4 Å². The fourth-order valence-electron chi connectivity index (χ4n) is 2.40. The summed E-state index contributed by atoms with van der Waals surface area (Å²) < 4.78 is 10.3. The van der Waals surface area contributed by atoms with Gasteiger partial charge in [-0.2, -0.15) is 0 Å². The molecule has 0 aliphatic heterocycles. The predicted octanol–water partition coefficient (Wildman–Crippen LogP) is 3.94. The Morgan fingerprint density at radius 1 is 1.11 bits per heavy atom. The molecule has 0 saturated carbocycles. The van der Waals surface area contributed by atoms with Gasteiger partial charge in [-0.15, -0.1) is 0 Å². The van der Waals surface area contributed by atoms with E-state index in [2.05, 4.69) is 5.32 Å². The number of carbonyl (C=O) groups excluding carboxylic acids is 3. The summed E-state index contributed by atoms with van der Waals surface area (Å²) in [4.78, 5) is 34.6. The SMILES string of the molecule is CC(=O)CC(=O)OC=C(C)C[C@H](Cc1ccccc1)NC(=O)OC(C)(C)C. The molecule has 0 saturated heterocycles. The second-order valence-corrected chi connectivity index (χ2v) is 7.57. The number of alkyl carbamates (subject to hydrolysis) is 1. The second-order valence-electron chi connectivity index (χ2n) is 7.57. The molecule has 0 spiro atoms. The Morgan fingerprint density at radius 3 is 2.30 bits per heavy atom. The Balaban J connectivity index is 2.76. The van der Waals surface area contributed by atoms with E-state index in [1.54, 1.807) is 27.7 Å². The van der Waals surface area contributed by atoms with E-state index in [4.69, 9.17) is 9.47 Å². The fraction of sp³-hybridized carbons (Fsp3) is 0.476. The van der Waals surface area contributed by atoms with Gasteiger partial charge in [0, 0.05) is 6.04 Å². The Hall–Kier alpha value is -2.63. The van der Waals surface area contributed by atoms with E-state index in [1.165, 1.54) is 13.2 Å². The molecule has 0 aromatic heterocycles. The van der Waals surface area contributed by atoms with E-state index in [0.717, 1.165) is 11.1 Å². The maximum absolute atomic E-state index is 12.2. The molecule has 0 radical (unpaired) electrons. The highest BCUT2D eigenvalue weighted by Gasteiger charge is 2.20. The van der Waals surface area contributed by atoms with Gasteiger partial charge in [-0.05, 0) is 58.6 Å². The van der Waals surface area contributed by atoms with Crippen molar-refractivity contribution in [3.63, 3.8) is 0 Å². The highest BCUT2D eigenvalue weighted by Crippen LogP contribution is 2.13. The highest BCUT2D eigenvalue weighted by atomic mass is 16.6. The zero-order valence-electron chi connectivity index (χ0n) is 16.7. The van der Waals surface area contributed by atoms with Gasteiger partial charge in [0.1, 0.15) is 17.8 Å². The zero-order valence-corrected chi connectivity index (χ0v) is 16.7. The molecule has 1 atom stereocenters. The number of hydrogen-bond acceptors (Lipinski definition) is 5. The van der Waals surface area contributed by atoms with Crippen molar-refractivity contribution in [3.05, 3.63) is 47.7 Å². The third kappa shape index (κ3) is 10.8. The molecule has 6 nitrogen and oxygen atoms in total. The molecule has 0 heterocycles. The van der Waals surface area contributed by atoms with Crippen LogP contribution < -0.4 is 5.32 Å². The summed E-state index contributed by atoms with van der Waals surface area (Å²) in [7, 11) is 0. The summed E-state index contributed by atoms with van der Waals surface area (Å²) in [5, 5.41) is 2.88. The first-order chi connectivity index (χ1) is 12.5. The lowest BCUT2D eigenvalue weighted by atomic mass is 10.0. The van der Waals surface area contributed by atoms with Crippen molar-refractivity contribution in [3.8, 4) is 0 Å². The molecule has 0 aliphatic rings. The predicted molar refractivity (Wildman–Crippen MR) is 103 cm³/mol. The van der Waals surface area contributed by atoms with Crippen molar-refractivity contribution >= 4 is 17.8 Å². The van der Waals surface area contributed by atoms with Crippen molar-refractivity contribution < 1.29 is 23.9 Å². The molecule has 1 aromatic carbocycles. The van der Waals surface area contributed by atoms with Gasteiger partial charge in [-0.1, -0.05) is 30.3 Å². The number of carbonyl (C=O) groups is 3. The number of ether oxygens (including phenoxy) is 2. The molecule has 1 rings (SSSR count). The summed E-state index contributed by atoms with van der Waals surface area (Å²) >= 11 is 0. The average molecular weight is 375 g/mol. The minimum Gasteiger partial charge on any atom is -0.444 e. The number of ketones is 1. The number of benzene rings is 1. The third-order valence-corrected chi connectivity index (χ3v) is 3.40. The summed E-state index contributed by atoms with van der Waals surface area (Å²) in [6.45, 7) is 8.55. The van der Waals surface area contributed by atoms with Gasteiger partial charge in [0.25, 0.3) is 0 Å². The van der Waals surface area contributed by atoms with Gasteiger partial charge in [0.15, 0.2) is 0 Å². The number of amides is 1. The van der Waals surface area contributed by atoms with Crippen LogP contribution in [-0.2, 0) is 25.5 Å². The van der Waals surface area contributed by atoms with Crippen LogP contribution in [0.5, 0.6) is 0 Å². The van der Waals surface area contributed by atoms with Crippen LogP contribution in [0.1, 0.15) is 53.0 Å². The molecule has 0 bridgehead atoms. The van der Waals surface area contributed by atoms with Crippen LogP contribution in [-0.4, -0.2) is 29.5 Å². The fourth-order valence-corrected chi connectivity index (χ4v) is 2.40. The number of Topliss-reactive ketones (excluding diaryl/α,β-unsaturated/α-hetero) is 1. The molecule has 6 heteroatoms. The van der Waals surface area contributed by atoms with Gasteiger partial charge in [-0.3, -0.25) is 9.59 Å². The summed E-state index contributed by atoms with van der Waals surface area (Å²) in [5.74, 6) is -0.846. The summed E-state index contributed by atoms with van der Waals surface area (Å²) in [6, 6.07) is 9.54. The van der Waals surface area contributed by atoms with Crippen molar-refractivity contribution in [1.82, 2.24) is 5.32 Å². The Bertz CT molecular complexity index is 674. The molecular formula is C21H29NO5. The molecule has 0 fully saturated rings. The van der Waals surface area contributed by atoms with E-state index in [1.807, 2.05) is 30.3 Å². The molecule has 1 amide bonds. The minimum absolute atomic E-state index is 0.231. The molecule has 1 N–H and O–H groups in total. The number of rotatable bonds is 8. The van der Waals surface area contributed by atoms with Crippen LogP contribution in [0.25, 0.3) is 0 Å². The second kappa shape index (κ2) is 10.5. The zero-order chi connectivity index (χ0) is 20.4. The van der Waals surface area contributed by atoms with E-state index in [-0.39, 0.29) is 18.2 Å². The first-order valence-electron chi connectivity index (χ1n) is 8.93. The smallest absolute Gasteiger partial charge is 0.407 e. The normalized spacial score (nSPS) is 12.9. The Kier molecular flexibility index (Phi) is 8.72. The van der Waals surface area contributed by atoms with Crippen molar-refractivity contribution in [2.24, 2.45) is 0 Å². The largest absolute Gasteiger partial charge is 0.444 e. The van der Waals surface area contributed by atoms with E-state index >= 15 is 0 Å². The van der Waals surface area contributed by atoms with Gasteiger partial charge in [0.2, 0.25) is 0 Å². The van der Waals surface area contributed by atoms with Crippen LogP contribution in [0, 0.1) is 0 Å². The quantitative estimate of drug-likeness (QED) is 0.423. The number of hydrogen-bond donors (Lipinski definition) is 1. The summed E-state index contributed by atoms with van der Waals surface area (Å²) in [5.41, 5.74) is 1.25. The van der Waals surface area contributed by atoms with Gasteiger partial charge < -0.3 is 14.8 Å². The summed E-state index contributed by atoms with van der Waals surface area (Å²) in [6.07, 6.45) is 1.66. The topological polar surface area (TPSA) is 81.7 Å². The Morgan fingerprint density at radius 2 is 1.74 bits per heavy atom.